The lowest BCUT2D eigenvalue weighted by Gasteiger charge is -2.26. The minimum Gasteiger partial charge on any atom is -0.340 e. The van der Waals surface area contributed by atoms with Gasteiger partial charge < -0.3 is 9.88 Å². The van der Waals surface area contributed by atoms with Crippen LogP contribution in [0, 0.1) is 18.3 Å². The number of aryl methyl sites for hydroxylation is 1. The van der Waals surface area contributed by atoms with Crippen LogP contribution in [0.2, 0.25) is 0 Å². The van der Waals surface area contributed by atoms with E-state index in [2.05, 4.69) is 21.7 Å². The Morgan fingerprint density at radius 3 is 2.58 bits per heavy atom. The summed E-state index contributed by atoms with van der Waals surface area (Å²) in [5.74, 6) is -0.811. The number of carbonyl (C=O) groups is 1. The molecule has 0 saturated heterocycles. The average molecular weight is 497 g/mol. The number of alkyl halides is 3. The maximum absolute atomic E-state index is 13.0. The van der Waals surface area contributed by atoms with Gasteiger partial charge in [0.25, 0.3) is 5.91 Å². The van der Waals surface area contributed by atoms with Crippen molar-refractivity contribution in [1.82, 2.24) is 9.88 Å². The molecular weight excluding hydrogens is 465 g/mol. The third-order valence-electron chi connectivity index (χ3n) is 7.01. The Kier molecular flexibility index (Phi) is 7.67. The number of aromatic nitrogens is 1. The Hall–Kier alpha value is -3.34. The number of amides is 1. The van der Waals surface area contributed by atoms with Gasteiger partial charge in [0, 0.05) is 17.6 Å². The van der Waals surface area contributed by atoms with Crippen LogP contribution in [0.5, 0.6) is 0 Å². The number of allylic oxidation sites excluding steroid dienone is 2. The van der Waals surface area contributed by atoms with Gasteiger partial charge in [0.1, 0.15) is 12.1 Å². The van der Waals surface area contributed by atoms with Gasteiger partial charge in [-0.1, -0.05) is 43.0 Å². The van der Waals surface area contributed by atoms with Crippen molar-refractivity contribution in [3.05, 3.63) is 52.7 Å². The quantitative estimate of drug-likeness (QED) is 0.499. The Morgan fingerprint density at radius 2 is 1.89 bits per heavy atom. The van der Waals surface area contributed by atoms with Crippen LogP contribution < -0.4 is 5.32 Å². The lowest BCUT2D eigenvalue weighted by Crippen LogP contribution is -2.43. The molecule has 1 fully saturated rings. The number of nitrogens with one attached hydrogen (secondary N) is 1. The molecule has 4 rings (SSSR count). The summed E-state index contributed by atoms with van der Waals surface area (Å²) in [4.78, 5) is 17.3. The monoisotopic (exact) mass is 496 g/mol. The third-order valence-corrected chi connectivity index (χ3v) is 7.01. The third kappa shape index (κ3) is 5.40. The highest BCUT2D eigenvalue weighted by molar-refractivity contribution is 6.13. The highest BCUT2D eigenvalue weighted by Crippen LogP contribution is 2.39. The molecule has 1 N–H and O–H groups in total. The summed E-state index contributed by atoms with van der Waals surface area (Å²) in [7, 11) is 0. The molecule has 1 aliphatic heterocycles. The van der Waals surface area contributed by atoms with Gasteiger partial charge in [0.15, 0.2) is 0 Å². The van der Waals surface area contributed by atoms with Crippen LogP contribution in [-0.4, -0.2) is 28.9 Å². The molecule has 1 saturated carbocycles. The molecule has 8 heteroatoms. The smallest absolute Gasteiger partial charge is 0.340 e. The molecule has 1 amide bonds. The number of rotatable bonds is 4. The Labute approximate surface area is 209 Å². The number of hydrogen-bond acceptors (Lipinski definition) is 3. The van der Waals surface area contributed by atoms with E-state index < -0.39 is 18.1 Å². The molecule has 2 heterocycles. The minimum absolute atomic E-state index is 0.0913. The van der Waals surface area contributed by atoms with Gasteiger partial charge in [-0.25, -0.2) is 0 Å². The van der Waals surface area contributed by atoms with E-state index in [1.165, 1.54) is 12.6 Å². The number of hydrogen-bond donors (Lipinski definition) is 1. The average Bonchev–Trinajstić information content (AvgIpc) is 3.22. The molecule has 0 radical (unpaired) electrons. The summed E-state index contributed by atoms with van der Waals surface area (Å²) in [5.41, 5.74) is 3.99. The first-order chi connectivity index (χ1) is 17.2. The van der Waals surface area contributed by atoms with Gasteiger partial charge in [-0.2, -0.15) is 18.4 Å². The van der Waals surface area contributed by atoms with E-state index in [0.717, 1.165) is 54.8 Å². The van der Waals surface area contributed by atoms with E-state index in [4.69, 9.17) is 0 Å². The van der Waals surface area contributed by atoms with E-state index in [1.807, 2.05) is 30.4 Å². The number of nitrogens with zero attached hydrogens (tertiary/aromatic N) is 3. The van der Waals surface area contributed by atoms with Crippen LogP contribution in [0.4, 0.5) is 13.2 Å². The fourth-order valence-corrected chi connectivity index (χ4v) is 5.04. The zero-order chi connectivity index (χ0) is 25.9. The first kappa shape index (κ1) is 25.7. The maximum Gasteiger partial charge on any atom is 0.408 e. The van der Waals surface area contributed by atoms with Gasteiger partial charge in [0.05, 0.1) is 28.0 Å². The first-order valence-electron chi connectivity index (χ1n) is 12.6. The van der Waals surface area contributed by atoms with Crippen molar-refractivity contribution in [2.75, 3.05) is 0 Å². The van der Waals surface area contributed by atoms with Crippen LogP contribution in [0.3, 0.4) is 0 Å². The number of aliphatic imine (C=N–C) groups is 1. The lowest BCUT2D eigenvalue weighted by molar-refractivity contribution is -0.156. The van der Waals surface area contributed by atoms with E-state index in [0.29, 0.717) is 30.5 Å². The molecule has 0 bridgehead atoms. The SMILES string of the molecule is Cc1ccc2c(c1)c(C#N)c(C1=C/CCC\C=C(C(=O)NC(C)C(F)(F)F)/C=N/1)n2C1CCCCC1. The molecule has 2 aliphatic rings. The molecule has 1 aromatic carbocycles. The van der Waals surface area contributed by atoms with Crippen molar-refractivity contribution in [3.8, 4) is 6.07 Å². The summed E-state index contributed by atoms with van der Waals surface area (Å²) in [5, 5.41) is 13.1. The Morgan fingerprint density at radius 1 is 1.17 bits per heavy atom. The second-order valence-electron chi connectivity index (χ2n) is 9.69. The molecule has 1 aromatic heterocycles. The van der Waals surface area contributed by atoms with Gasteiger partial charge in [-0.15, -0.1) is 0 Å². The molecule has 0 spiro atoms. The second kappa shape index (κ2) is 10.7. The maximum atomic E-state index is 13.0. The van der Waals surface area contributed by atoms with E-state index in [1.54, 1.807) is 6.08 Å². The van der Waals surface area contributed by atoms with Gasteiger partial charge in [0.2, 0.25) is 0 Å². The molecule has 36 heavy (non-hydrogen) atoms. The molecule has 1 unspecified atom stereocenters. The zero-order valence-corrected chi connectivity index (χ0v) is 20.7. The van der Waals surface area contributed by atoms with Crippen LogP contribution in [0.1, 0.15) is 81.2 Å². The van der Waals surface area contributed by atoms with Crippen molar-refractivity contribution >= 4 is 28.7 Å². The molecule has 2 aromatic rings. The van der Waals surface area contributed by atoms with Crippen molar-refractivity contribution in [2.45, 2.75) is 83.5 Å². The summed E-state index contributed by atoms with van der Waals surface area (Å²) < 4.78 is 41.2. The first-order valence-corrected chi connectivity index (χ1v) is 12.6. The topological polar surface area (TPSA) is 70.2 Å². The van der Waals surface area contributed by atoms with Crippen LogP contribution in [0.15, 0.2) is 40.9 Å². The number of nitriles is 1. The van der Waals surface area contributed by atoms with Crippen LogP contribution >= 0.6 is 0 Å². The van der Waals surface area contributed by atoms with E-state index >= 15 is 0 Å². The molecule has 1 aliphatic carbocycles. The Balaban J connectivity index is 1.79. The molecule has 1 atom stereocenters. The number of fused-ring (bicyclic) bond motifs is 1. The van der Waals surface area contributed by atoms with Crippen LogP contribution in [0.25, 0.3) is 16.6 Å². The molecular formula is C28H31F3N4O. The predicted octanol–water partition coefficient (Wildman–Crippen LogP) is 6.92. The van der Waals surface area contributed by atoms with Crippen LogP contribution in [-0.2, 0) is 4.79 Å². The van der Waals surface area contributed by atoms with Crippen molar-refractivity contribution in [3.63, 3.8) is 0 Å². The van der Waals surface area contributed by atoms with Crippen molar-refractivity contribution in [1.29, 1.82) is 5.26 Å². The highest BCUT2D eigenvalue weighted by atomic mass is 19.4. The molecule has 190 valence electrons. The normalized spacial score (nSPS) is 22.2. The molecule has 5 nitrogen and oxygen atoms in total. The van der Waals surface area contributed by atoms with E-state index in [9.17, 15) is 23.2 Å². The second-order valence-corrected chi connectivity index (χ2v) is 9.69. The summed E-state index contributed by atoms with van der Waals surface area (Å²) >= 11 is 0. The van der Waals surface area contributed by atoms with Crippen molar-refractivity contribution < 1.29 is 18.0 Å². The minimum atomic E-state index is -4.53. The zero-order valence-electron chi connectivity index (χ0n) is 20.7. The summed E-state index contributed by atoms with van der Waals surface area (Å²) in [6.45, 7) is 2.91. The van der Waals surface area contributed by atoms with E-state index in [-0.39, 0.29) is 11.6 Å². The standard InChI is InChI=1S/C28H31F3N4O/c1-18-13-14-25-22(15-18)23(16-32)26(35(25)21-10-6-4-7-11-21)24-12-8-3-5-9-20(17-33-24)27(36)34-19(2)28(29,30)31/h9,12-15,17,19,21H,3-8,10-11H2,1-2H3,(H,34,36)/b20-9+,24-12+,33-17+. The highest BCUT2D eigenvalue weighted by Gasteiger charge is 2.37. The number of halogens is 3. The predicted molar refractivity (Wildman–Crippen MR) is 136 cm³/mol. The number of carbonyl (C=O) groups excluding carboxylic acids is 1. The Bertz CT molecular complexity index is 1270. The van der Waals surface area contributed by atoms with Crippen molar-refractivity contribution in [2.24, 2.45) is 4.99 Å². The lowest BCUT2D eigenvalue weighted by atomic mass is 9.95. The largest absolute Gasteiger partial charge is 0.408 e. The fourth-order valence-electron chi connectivity index (χ4n) is 5.04. The summed E-state index contributed by atoms with van der Waals surface area (Å²) in [6, 6.07) is 6.78. The van der Waals surface area contributed by atoms with Gasteiger partial charge >= 0.3 is 6.18 Å². The fraction of sp³-hybridized carbons (Fsp3) is 0.464. The number of benzene rings is 1. The van der Waals surface area contributed by atoms with Gasteiger partial charge in [-0.3, -0.25) is 9.79 Å². The van der Waals surface area contributed by atoms with Gasteiger partial charge in [-0.05, 0) is 58.1 Å². The summed E-state index contributed by atoms with van der Waals surface area (Å²) in [6.07, 6.45) is 7.78.